The maximum Gasteiger partial charge on any atom is 0.260 e. The van der Waals surface area contributed by atoms with E-state index in [1.54, 1.807) is 25.1 Å². The lowest BCUT2D eigenvalue weighted by Gasteiger charge is -2.19. The van der Waals surface area contributed by atoms with Gasteiger partial charge in [-0.2, -0.15) is 0 Å². The molecule has 1 aliphatic rings. The number of aldehydes is 1. The highest BCUT2D eigenvalue weighted by atomic mass is 16.5. The van der Waals surface area contributed by atoms with E-state index in [4.69, 9.17) is 9.47 Å². The molecule has 0 spiro atoms. The number of carbonyl (C=O) groups is 2. The van der Waals surface area contributed by atoms with Crippen molar-refractivity contribution in [3.8, 4) is 11.5 Å². The fourth-order valence-corrected chi connectivity index (χ4v) is 2.49. The Bertz CT molecular complexity index is 509. The number of benzene rings is 1. The summed E-state index contributed by atoms with van der Waals surface area (Å²) in [6.45, 7) is 1.71. The maximum atomic E-state index is 12.1. The summed E-state index contributed by atoms with van der Waals surface area (Å²) in [6, 6.07) is 5.13. The molecule has 1 N–H and O–H groups in total. The molecule has 21 heavy (non-hydrogen) atoms. The van der Waals surface area contributed by atoms with Gasteiger partial charge in [0.15, 0.2) is 17.6 Å². The van der Waals surface area contributed by atoms with Gasteiger partial charge in [0.25, 0.3) is 5.91 Å². The van der Waals surface area contributed by atoms with Crippen LogP contribution >= 0.6 is 0 Å². The summed E-state index contributed by atoms with van der Waals surface area (Å²) in [7, 11) is 1.50. The highest BCUT2D eigenvalue weighted by molar-refractivity contribution is 5.81. The average Bonchev–Trinajstić information content (AvgIpc) is 3.00. The van der Waals surface area contributed by atoms with Gasteiger partial charge in [0, 0.05) is 11.6 Å². The van der Waals surface area contributed by atoms with Gasteiger partial charge < -0.3 is 14.8 Å². The lowest BCUT2D eigenvalue weighted by molar-refractivity contribution is -0.128. The minimum absolute atomic E-state index is 0.122. The number of rotatable bonds is 6. The van der Waals surface area contributed by atoms with Gasteiger partial charge in [0.05, 0.1) is 7.11 Å². The van der Waals surface area contributed by atoms with Crippen molar-refractivity contribution in [1.29, 1.82) is 0 Å². The molecule has 1 saturated carbocycles. The zero-order valence-corrected chi connectivity index (χ0v) is 12.4. The van der Waals surface area contributed by atoms with Crippen LogP contribution in [0.4, 0.5) is 0 Å². The molecule has 1 atom stereocenters. The van der Waals surface area contributed by atoms with Crippen LogP contribution in [0.15, 0.2) is 18.2 Å². The van der Waals surface area contributed by atoms with Crippen LogP contribution in [0.2, 0.25) is 0 Å². The van der Waals surface area contributed by atoms with E-state index < -0.39 is 6.10 Å². The number of carbonyl (C=O) groups excluding carboxylic acids is 2. The second-order valence-electron chi connectivity index (χ2n) is 5.28. The SMILES string of the molecule is COc1cc(C=O)ccc1OC(C)C(=O)NC1CCCC1. The highest BCUT2D eigenvalue weighted by Crippen LogP contribution is 2.28. The fourth-order valence-electron chi connectivity index (χ4n) is 2.49. The van der Waals surface area contributed by atoms with E-state index in [9.17, 15) is 9.59 Å². The molecular weight excluding hydrogens is 270 g/mol. The lowest BCUT2D eigenvalue weighted by Crippen LogP contribution is -2.41. The first-order valence-electron chi connectivity index (χ1n) is 7.24. The molecule has 2 rings (SSSR count). The van der Waals surface area contributed by atoms with Crippen LogP contribution in [0.5, 0.6) is 11.5 Å². The van der Waals surface area contributed by atoms with E-state index in [0.717, 1.165) is 19.1 Å². The Hall–Kier alpha value is -2.04. The van der Waals surface area contributed by atoms with Gasteiger partial charge in [-0.1, -0.05) is 12.8 Å². The van der Waals surface area contributed by atoms with Crippen molar-refractivity contribution < 1.29 is 19.1 Å². The van der Waals surface area contributed by atoms with Gasteiger partial charge in [-0.15, -0.1) is 0 Å². The lowest BCUT2D eigenvalue weighted by atomic mass is 10.2. The van der Waals surface area contributed by atoms with Crippen molar-refractivity contribution in [3.05, 3.63) is 23.8 Å². The summed E-state index contributed by atoms with van der Waals surface area (Å²) in [5, 5.41) is 3.00. The van der Waals surface area contributed by atoms with Crippen LogP contribution in [-0.2, 0) is 4.79 Å². The predicted molar refractivity (Wildman–Crippen MR) is 78.9 cm³/mol. The summed E-state index contributed by atoms with van der Waals surface area (Å²) >= 11 is 0. The van der Waals surface area contributed by atoms with Crippen molar-refractivity contribution in [3.63, 3.8) is 0 Å². The molecule has 1 fully saturated rings. The number of ether oxygens (including phenoxy) is 2. The first kappa shape index (κ1) is 15.4. The van der Waals surface area contributed by atoms with Crippen molar-refractivity contribution in [2.75, 3.05) is 7.11 Å². The van der Waals surface area contributed by atoms with E-state index in [1.807, 2.05) is 0 Å². The van der Waals surface area contributed by atoms with Crippen LogP contribution in [0.25, 0.3) is 0 Å². The van der Waals surface area contributed by atoms with Crippen LogP contribution in [-0.4, -0.2) is 31.4 Å². The Balaban J connectivity index is 1.99. The van der Waals surface area contributed by atoms with Gasteiger partial charge in [-0.05, 0) is 38.0 Å². The van der Waals surface area contributed by atoms with Crippen LogP contribution in [0.3, 0.4) is 0 Å². The van der Waals surface area contributed by atoms with Crippen LogP contribution in [0.1, 0.15) is 43.0 Å². The normalized spacial score (nSPS) is 16.3. The molecule has 0 heterocycles. The quantitative estimate of drug-likeness (QED) is 0.817. The zero-order chi connectivity index (χ0) is 15.2. The van der Waals surface area contributed by atoms with E-state index in [-0.39, 0.29) is 11.9 Å². The van der Waals surface area contributed by atoms with Crippen molar-refractivity contribution in [1.82, 2.24) is 5.32 Å². The molecule has 5 nitrogen and oxygen atoms in total. The molecule has 0 radical (unpaired) electrons. The average molecular weight is 291 g/mol. The standard InChI is InChI=1S/C16H21NO4/c1-11(16(19)17-13-5-3-4-6-13)21-14-8-7-12(10-18)9-15(14)20-2/h7-11,13H,3-6H2,1-2H3,(H,17,19). The maximum absolute atomic E-state index is 12.1. The first-order chi connectivity index (χ1) is 10.1. The molecule has 0 aliphatic heterocycles. The summed E-state index contributed by atoms with van der Waals surface area (Å²) in [4.78, 5) is 22.8. The molecule has 0 bridgehead atoms. The van der Waals surface area contributed by atoms with Crippen LogP contribution in [0, 0.1) is 0 Å². The highest BCUT2D eigenvalue weighted by Gasteiger charge is 2.22. The summed E-state index contributed by atoms with van der Waals surface area (Å²) in [6.07, 6.45) is 4.54. The molecule has 1 aromatic carbocycles. The number of nitrogens with one attached hydrogen (secondary N) is 1. The van der Waals surface area contributed by atoms with E-state index in [2.05, 4.69) is 5.32 Å². The molecule has 114 valence electrons. The molecule has 0 saturated heterocycles. The van der Waals surface area contributed by atoms with E-state index in [1.165, 1.54) is 20.0 Å². The van der Waals surface area contributed by atoms with Gasteiger partial charge >= 0.3 is 0 Å². The second kappa shape index (κ2) is 7.11. The minimum Gasteiger partial charge on any atom is -0.493 e. The fraction of sp³-hybridized carbons (Fsp3) is 0.500. The number of hydrogen-bond acceptors (Lipinski definition) is 4. The Labute approximate surface area is 124 Å². The number of amides is 1. The predicted octanol–water partition coefficient (Wildman–Crippen LogP) is 2.33. The molecule has 1 amide bonds. The monoisotopic (exact) mass is 291 g/mol. The molecule has 1 unspecified atom stereocenters. The topological polar surface area (TPSA) is 64.6 Å². The largest absolute Gasteiger partial charge is 0.493 e. The van der Waals surface area contributed by atoms with E-state index >= 15 is 0 Å². The summed E-state index contributed by atoms with van der Waals surface area (Å²) in [5.41, 5.74) is 0.502. The number of methoxy groups -OCH3 is 1. The summed E-state index contributed by atoms with van der Waals surface area (Å²) in [5.74, 6) is 0.778. The van der Waals surface area contributed by atoms with Gasteiger partial charge in [-0.25, -0.2) is 0 Å². The Morgan fingerprint density at radius 2 is 2.05 bits per heavy atom. The molecule has 1 aliphatic carbocycles. The molecule has 0 aromatic heterocycles. The first-order valence-corrected chi connectivity index (χ1v) is 7.24. The second-order valence-corrected chi connectivity index (χ2v) is 5.28. The van der Waals surface area contributed by atoms with Crippen molar-refractivity contribution >= 4 is 12.2 Å². The number of hydrogen-bond donors (Lipinski definition) is 1. The van der Waals surface area contributed by atoms with E-state index in [0.29, 0.717) is 17.1 Å². The third kappa shape index (κ3) is 3.97. The molecular formula is C16H21NO4. The summed E-state index contributed by atoms with van der Waals surface area (Å²) < 4.78 is 10.8. The Kier molecular flexibility index (Phi) is 5.20. The smallest absolute Gasteiger partial charge is 0.260 e. The zero-order valence-electron chi connectivity index (χ0n) is 12.4. The Morgan fingerprint density at radius 1 is 1.33 bits per heavy atom. The molecule has 1 aromatic rings. The van der Waals surface area contributed by atoms with Gasteiger partial charge in [0.1, 0.15) is 6.29 Å². The van der Waals surface area contributed by atoms with Crippen molar-refractivity contribution in [2.24, 2.45) is 0 Å². The minimum atomic E-state index is -0.610. The van der Waals surface area contributed by atoms with Gasteiger partial charge in [-0.3, -0.25) is 9.59 Å². The van der Waals surface area contributed by atoms with Gasteiger partial charge in [0.2, 0.25) is 0 Å². The third-order valence-corrected chi connectivity index (χ3v) is 3.70. The molecule has 5 heteroatoms. The third-order valence-electron chi connectivity index (χ3n) is 3.70. The van der Waals surface area contributed by atoms with Crippen molar-refractivity contribution in [2.45, 2.75) is 44.8 Å². The van der Waals surface area contributed by atoms with Crippen LogP contribution < -0.4 is 14.8 Å². The Morgan fingerprint density at radius 3 is 2.67 bits per heavy atom.